The van der Waals surface area contributed by atoms with Crippen LogP contribution in [-0.2, 0) is 0 Å². The molecule has 0 saturated heterocycles. The van der Waals surface area contributed by atoms with Crippen molar-refractivity contribution in [3.8, 4) is 34.5 Å². The van der Waals surface area contributed by atoms with Crippen LogP contribution in [0.4, 0.5) is 0 Å². The van der Waals surface area contributed by atoms with E-state index in [2.05, 4.69) is 0 Å². The van der Waals surface area contributed by atoms with Crippen molar-refractivity contribution in [1.29, 1.82) is 0 Å². The van der Waals surface area contributed by atoms with Gasteiger partial charge in [0.15, 0.2) is 0 Å². The first-order valence-corrected chi connectivity index (χ1v) is 6.71. The van der Waals surface area contributed by atoms with Gasteiger partial charge in [-0.3, -0.25) is 0 Å². The molecule has 3 rings (SSSR count). The largest absolute Gasteiger partial charge is 4.00 e. The van der Waals surface area contributed by atoms with Crippen LogP contribution in [0.5, 0.6) is 34.5 Å². The summed E-state index contributed by atoms with van der Waals surface area (Å²) < 4.78 is 0. The molecule has 0 amide bonds. The molecule has 9 heteroatoms. The average Bonchev–Trinajstić information content (AvgIpc) is 2.57. The Morgan fingerprint density at radius 3 is 0.519 bits per heavy atom. The van der Waals surface area contributed by atoms with Crippen LogP contribution in [0.2, 0.25) is 0 Å². The second-order valence-electron chi connectivity index (χ2n) is 4.34. The molecule has 0 bridgehead atoms. The molecule has 0 aliphatic rings. The molecule has 0 N–H and O–H groups in total. The van der Waals surface area contributed by atoms with E-state index in [-0.39, 0.29) is 120 Å². The van der Waals surface area contributed by atoms with E-state index in [1.54, 1.807) is 36.4 Å². The van der Waals surface area contributed by atoms with Gasteiger partial charge < -0.3 is 30.6 Å². The van der Waals surface area contributed by atoms with Crippen molar-refractivity contribution in [2.75, 3.05) is 0 Å². The number of hydrogen-bond donors (Lipinski definition) is 0. The van der Waals surface area contributed by atoms with Crippen LogP contribution in [-0.4, -0.2) is 17.6 Å². The Kier molecular flexibility index (Phi) is 21.7. The SMILES string of the molecule is [Ge+4].[K+].[K+].[O-]c1ccccc1[O-].[O-]c1ccccc1[O-].[O-]c1ccccc1[O-]. The number of rotatable bonds is 0. The van der Waals surface area contributed by atoms with Gasteiger partial charge in [-0.15, -0.1) is 34.5 Å². The summed E-state index contributed by atoms with van der Waals surface area (Å²) in [5, 5.41) is 61.8. The van der Waals surface area contributed by atoms with E-state index in [9.17, 15) is 30.6 Å². The Bertz CT molecular complexity index is 608. The third kappa shape index (κ3) is 14.0. The van der Waals surface area contributed by atoms with Crippen LogP contribution >= 0.6 is 0 Å². The fourth-order valence-corrected chi connectivity index (χ4v) is 1.35. The van der Waals surface area contributed by atoms with Gasteiger partial charge in [0.05, 0.1) is 0 Å². The number of para-hydroxylation sites is 6. The van der Waals surface area contributed by atoms with Gasteiger partial charge >= 0.3 is 120 Å². The molecular formula is C18H12GeK2O6. The standard InChI is InChI=1S/3C6H6O2.Ge.2K/c3*7-5-3-1-2-4-6(5)8;;;/h3*1-4,7-8H;;;/q;;;+4;2*+1/p-6. The maximum absolute atomic E-state index is 10.3. The summed E-state index contributed by atoms with van der Waals surface area (Å²) in [7, 11) is 0. The molecule has 0 saturated carbocycles. The van der Waals surface area contributed by atoms with Gasteiger partial charge in [0.25, 0.3) is 0 Å². The van der Waals surface area contributed by atoms with E-state index >= 15 is 0 Å². The zero-order valence-corrected chi connectivity index (χ0v) is 23.2. The van der Waals surface area contributed by atoms with Gasteiger partial charge in [-0.1, -0.05) is 72.8 Å². The second-order valence-corrected chi connectivity index (χ2v) is 4.34. The molecule has 3 aromatic rings. The Balaban J connectivity index is -0.000000303. The predicted octanol–water partition coefficient (Wildman–Crippen LogP) is -6.87. The summed E-state index contributed by atoms with van der Waals surface area (Å²) in [5.74, 6) is -2.62. The van der Waals surface area contributed by atoms with E-state index < -0.39 is 34.5 Å². The fourth-order valence-electron chi connectivity index (χ4n) is 1.35. The van der Waals surface area contributed by atoms with E-state index in [1.165, 1.54) is 36.4 Å². The van der Waals surface area contributed by atoms with E-state index in [1.807, 2.05) is 0 Å². The Morgan fingerprint density at radius 1 is 0.333 bits per heavy atom. The third-order valence-corrected chi connectivity index (χ3v) is 2.55. The quantitative estimate of drug-likeness (QED) is 0.297. The van der Waals surface area contributed by atoms with Crippen molar-refractivity contribution in [2.24, 2.45) is 0 Å². The molecule has 6 nitrogen and oxygen atoms in total. The van der Waals surface area contributed by atoms with Crippen LogP contribution in [0.1, 0.15) is 0 Å². The van der Waals surface area contributed by atoms with Crippen molar-refractivity contribution in [1.82, 2.24) is 0 Å². The van der Waals surface area contributed by atoms with Crippen molar-refractivity contribution in [2.45, 2.75) is 0 Å². The van der Waals surface area contributed by atoms with Gasteiger partial charge in [0, 0.05) is 0 Å². The molecule has 0 atom stereocenters. The van der Waals surface area contributed by atoms with E-state index in [0.29, 0.717) is 0 Å². The Labute approximate surface area is 253 Å². The average molecular weight is 475 g/mol. The van der Waals surface area contributed by atoms with Crippen molar-refractivity contribution < 1.29 is 133 Å². The zero-order chi connectivity index (χ0) is 17.9. The summed E-state index contributed by atoms with van der Waals surface area (Å²) in [5.41, 5.74) is 0. The molecule has 27 heavy (non-hydrogen) atoms. The number of benzene rings is 3. The summed E-state index contributed by atoms with van der Waals surface area (Å²) in [6.45, 7) is 0. The molecule has 0 heterocycles. The first-order valence-electron chi connectivity index (χ1n) is 6.71. The van der Waals surface area contributed by atoms with Crippen LogP contribution in [0.15, 0.2) is 72.8 Å². The third-order valence-electron chi connectivity index (χ3n) is 2.55. The van der Waals surface area contributed by atoms with Gasteiger partial charge in [-0.05, 0) is 0 Å². The molecule has 3 aromatic carbocycles. The van der Waals surface area contributed by atoms with Crippen LogP contribution in [0.3, 0.4) is 0 Å². The normalized spacial score (nSPS) is 8.00. The van der Waals surface area contributed by atoms with Crippen LogP contribution in [0, 0.1) is 0 Å². The molecule has 126 valence electrons. The summed E-state index contributed by atoms with van der Waals surface area (Å²) in [6, 6.07) is 16.8. The first kappa shape index (κ1) is 32.0. The van der Waals surface area contributed by atoms with Gasteiger partial charge in [0.2, 0.25) is 0 Å². The smallest absolute Gasteiger partial charge is 0.873 e. The topological polar surface area (TPSA) is 138 Å². The van der Waals surface area contributed by atoms with Crippen molar-refractivity contribution >= 4 is 17.6 Å². The minimum absolute atomic E-state index is 0. The van der Waals surface area contributed by atoms with Crippen molar-refractivity contribution in [3.05, 3.63) is 72.8 Å². The Morgan fingerprint density at radius 2 is 0.444 bits per heavy atom. The second kappa shape index (κ2) is 18.3. The maximum Gasteiger partial charge on any atom is 4.00 e. The van der Waals surface area contributed by atoms with E-state index in [0.717, 1.165) is 0 Å². The van der Waals surface area contributed by atoms with Gasteiger partial charge in [-0.25, -0.2) is 0 Å². The molecule has 0 spiro atoms. The molecule has 0 aromatic heterocycles. The first-order chi connectivity index (χ1) is 11.4. The summed E-state index contributed by atoms with van der Waals surface area (Å²) in [6.07, 6.45) is 0. The van der Waals surface area contributed by atoms with Gasteiger partial charge in [0.1, 0.15) is 0 Å². The van der Waals surface area contributed by atoms with E-state index in [4.69, 9.17) is 0 Å². The molecular weight excluding hydrogens is 463 g/mol. The predicted molar refractivity (Wildman–Crippen MR) is 81.8 cm³/mol. The minimum atomic E-state index is -0.437. The fraction of sp³-hybridized carbons (Fsp3) is 0. The molecule has 0 unspecified atom stereocenters. The zero-order valence-electron chi connectivity index (χ0n) is 14.9. The summed E-state index contributed by atoms with van der Waals surface area (Å²) in [4.78, 5) is 0. The maximum atomic E-state index is 10.3. The van der Waals surface area contributed by atoms with Gasteiger partial charge in [-0.2, -0.15) is 0 Å². The number of hydrogen-bond acceptors (Lipinski definition) is 6. The molecule has 0 radical (unpaired) electrons. The van der Waals surface area contributed by atoms with Crippen LogP contribution in [0.25, 0.3) is 0 Å². The molecule has 0 fully saturated rings. The molecule has 0 aliphatic carbocycles. The summed E-state index contributed by atoms with van der Waals surface area (Å²) >= 11 is 0. The molecule has 0 aliphatic heterocycles. The Hall–Kier alpha value is 0.276. The monoisotopic (exact) mass is 476 g/mol. The van der Waals surface area contributed by atoms with Crippen LogP contribution < -0.4 is 133 Å². The minimum Gasteiger partial charge on any atom is -0.873 e. The van der Waals surface area contributed by atoms with Crippen molar-refractivity contribution in [3.63, 3.8) is 0 Å².